The third-order valence-electron chi connectivity index (χ3n) is 2.78. The predicted octanol–water partition coefficient (Wildman–Crippen LogP) is 0.764. The smallest absolute Gasteiger partial charge is 0.220 e. The highest BCUT2D eigenvalue weighted by Gasteiger charge is 2.05. The summed E-state index contributed by atoms with van der Waals surface area (Å²) in [5.74, 6) is 0.647. The lowest BCUT2D eigenvalue weighted by atomic mass is 10.0. The van der Waals surface area contributed by atoms with E-state index in [4.69, 9.17) is 5.73 Å². The first-order valence-corrected chi connectivity index (χ1v) is 6.15. The fourth-order valence-corrected chi connectivity index (χ4v) is 1.64. The molecule has 0 fully saturated rings. The van der Waals surface area contributed by atoms with Crippen molar-refractivity contribution in [1.82, 2.24) is 14.9 Å². The zero-order valence-corrected chi connectivity index (χ0v) is 10.4. The van der Waals surface area contributed by atoms with Gasteiger partial charge in [0, 0.05) is 31.9 Å². The van der Waals surface area contributed by atoms with Gasteiger partial charge in [-0.2, -0.15) is 0 Å². The molecule has 5 nitrogen and oxygen atoms in total. The third-order valence-corrected chi connectivity index (χ3v) is 2.78. The molecule has 1 rings (SSSR count). The highest BCUT2D eigenvalue weighted by molar-refractivity contribution is 5.75. The second-order valence-corrected chi connectivity index (χ2v) is 4.37. The van der Waals surface area contributed by atoms with Gasteiger partial charge in [0.1, 0.15) is 0 Å². The molecule has 3 N–H and O–H groups in total. The Morgan fingerprint density at radius 2 is 2.35 bits per heavy atom. The molecule has 0 aromatic carbocycles. The average molecular weight is 238 g/mol. The summed E-state index contributed by atoms with van der Waals surface area (Å²) < 4.78 is 1.94. The van der Waals surface area contributed by atoms with E-state index in [-0.39, 0.29) is 5.91 Å². The van der Waals surface area contributed by atoms with Crippen LogP contribution in [-0.4, -0.2) is 28.5 Å². The lowest BCUT2D eigenvalue weighted by molar-refractivity contribution is -0.121. The first-order valence-electron chi connectivity index (χ1n) is 6.15. The molecular formula is C12H22N4O. The molecule has 17 heavy (non-hydrogen) atoms. The van der Waals surface area contributed by atoms with Crippen LogP contribution in [0.4, 0.5) is 0 Å². The maximum Gasteiger partial charge on any atom is 0.220 e. The van der Waals surface area contributed by atoms with Crippen molar-refractivity contribution in [3.8, 4) is 0 Å². The Bertz CT molecular complexity index is 310. The number of hydrogen-bond donors (Lipinski definition) is 2. The summed E-state index contributed by atoms with van der Waals surface area (Å²) in [4.78, 5) is 15.5. The molecule has 0 aliphatic rings. The Hall–Kier alpha value is -1.36. The first-order chi connectivity index (χ1) is 8.22. The number of rotatable bonds is 8. The summed E-state index contributed by atoms with van der Waals surface area (Å²) in [6, 6.07) is 0. The van der Waals surface area contributed by atoms with E-state index in [1.54, 1.807) is 12.5 Å². The molecule has 1 aromatic rings. The van der Waals surface area contributed by atoms with Crippen LogP contribution in [0.3, 0.4) is 0 Å². The molecular weight excluding hydrogens is 216 g/mol. The Morgan fingerprint density at radius 1 is 1.53 bits per heavy atom. The SMILES string of the molecule is CC(CCN)CCC(=O)NCCn1ccnc1. The lowest BCUT2D eigenvalue weighted by Crippen LogP contribution is -2.27. The van der Waals surface area contributed by atoms with Crippen molar-refractivity contribution in [2.75, 3.05) is 13.1 Å². The number of carbonyl (C=O) groups is 1. The Morgan fingerprint density at radius 3 is 3.00 bits per heavy atom. The average Bonchev–Trinajstić information content (AvgIpc) is 2.80. The quantitative estimate of drug-likeness (QED) is 0.702. The molecule has 1 atom stereocenters. The van der Waals surface area contributed by atoms with Crippen molar-refractivity contribution in [3.63, 3.8) is 0 Å². The van der Waals surface area contributed by atoms with Gasteiger partial charge in [0.2, 0.25) is 5.91 Å². The maximum absolute atomic E-state index is 11.5. The molecule has 0 spiro atoms. The van der Waals surface area contributed by atoms with Crippen LogP contribution in [0.15, 0.2) is 18.7 Å². The van der Waals surface area contributed by atoms with E-state index in [9.17, 15) is 4.79 Å². The summed E-state index contributed by atoms with van der Waals surface area (Å²) >= 11 is 0. The normalized spacial score (nSPS) is 12.4. The summed E-state index contributed by atoms with van der Waals surface area (Å²) in [5.41, 5.74) is 5.46. The summed E-state index contributed by atoms with van der Waals surface area (Å²) in [5, 5.41) is 2.90. The fraction of sp³-hybridized carbons (Fsp3) is 0.667. The van der Waals surface area contributed by atoms with E-state index in [1.807, 2.05) is 10.8 Å². The Labute approximate surface area is 102 Å². The highest BCUT2D eigenvalue weighted by Crippen LogP contribution is 2.08. The van der Waals surface area contributed by atoms with Crippen molar-refractivity contribution in [3.05, 3.63) is 18.7 Å². The van der Waals surface area contributed by atoms with E-state index in [1.165, 1.54) is 0 Å². The van der Waals surface area contributed by atoms with Gasteiger partial charge in [-0.1, -0.05) is 6.92 Å². The van der Waals surface area contributed by atoms with Gasteiger partial charge in [0.25, 0.3) is 0 Å². The zero-order valence-electron chi connectivity index (χ0n) is 10.4. The minimum atomic E-state index is 0.119. The fourth-order valence-electron chi connectivity index (χ4n) is 1.64. The molecule has 1 aromatic heterocycles. The maximum atomic E-state index is 11.5. The van der Waals surface area contributed by atoms with Crippen molar-refractivity contribution >= 4 is 5.91 Å². The predicted molar refractivity (Wildman–Crippen MR) is 67.3 cm³/mol. The van der Waals surface area contributed by atoms with Gasteiger partial charge in [-0.05, 0) is 25.3 Å². The van der Waals surface area contributed by atoms with E-state index in [0.717, 1.165) is 19.4 Å². The summed E-state index contributed by atoms with van der Waals surface area (Å²) in [6.45, 7) is 4.25. The molecule has 0 saturated carbocycles. The number of nitrogens with two attached hydrogens (primary N) is 1. The molecule has 0 saturated heterocycles. The van der Waals surface area contributed by atoms with Gasteiger partial charge >= 0.3 is 0 Å². The number of aromatic nitrogens is 2. The lowest BCUT2D eigenvalue weighted by Gasteiger charge is -2.10. The number of imidazole rings is 1. The van der Waals surface area contributed by atoms with E-state index >= 15 is 0 Å². The van der Waals surface area contributed by atoms with Gasteiger partial charge in [0.15, 0.2) is 0 Å². The monoisotopic (exact) mass is 238 g/mol. The minimum Gasteiger partial charge on any atom is -0.354 e. The molecule has 5 heteroatoms. The van der Waals surface area contributed by atoms with Gasteiger partial charge in [0.05, 0.1) is 6.33 Å². The number of nitrogens with one attached hydrogen (secondary N) is 1. The van der Waals surface area contributed by atoms with Crippen molar-refractivity contribution in [2.24, 2.45) is 11.7 Å². The molecule has 1 heterocycles. The van der Waals surface area contributed by atoms with Crippen molar-refractivity contribution < 1.29 is 4.79 Å². The summed E-state index contributed by atoms with van der Waals surface area (Å²) in [7, 11) is 0. The van der Waals surface area contributed by atoms with Gasteiger partial charge in [-0.25, -0.2) is 4.98 Å². The second kappa shape index (κ2) is 7.84. The van der Waals surface area contributed by atoms with Crippen LogP contribution >= 0.6 is 0 Å². The van der Waals surface area contributed by atoms with E-state index in [0.29, 0.717) is 25.4 Å². The second-order valence-electron chi connectivity index (χ2n) is 4.37. The molecule has 0 bridgehead atoms. The minimum absolute atomic E-state index is 0.119. The van der Waals surface area contributed by atoms with Crippen LogP contribution in [-0.2, 0) is 11.3 Å². The molecule has 0 radical (unpaired) electrons. The first kappa shape index (κ1) is 13.7. The third kappa shape index (κ3) is 6.06. The molecule has 1 amide bonds. The van der Waals surface area contributed by atoms with Gasteiger partial charge in [-0.15, -0.1) is 0 Å². The van der Waals surface area contributed by atoms with Crippen LogP contribution in [0.5, 0.6) is 0 Å². The molecule has 0 aliphatic heterocycles. The van der Waals surface area contributed by atoms with E-state index < -0.39 is 0 Å². The number of hydrogen-bond acceptors (Lipinski definition) is 3. The largest absolute Gasteiger partial charge is 0.354 e. The highest BCUT2D eigenvalue weighted by atomic mass is 16.1. The number of amides is 1. The topological polar surface area (TPSA) is 72.9 Å². The molecule has 96 valence electrons. The number of nitrogens with zero attached hydrogens (tertiary/aromatic N) is 2. The van der Waals surface area contributed by atoms with E-state index in [2.05, 4.69) is 17.2 Å². The van der Waals surface area contributed by atoms with Crippen molar-refractivity contribution in [2.45, 2.75) is 32.7 Å². The summed E-state index contributed by atoms with van der Waals surface area (Å²) in [6.07, 6.45) is 7.85. The standard InChI is InChI=1S/C12H22N4O/c1-11(4-5-13)2-3-12(17)15-7-9-16-8-6-14-10-16/h6,8,10-11H,2-5,7,9,13H2,1H3,(H,15,17). The van der Waals surface area contributed by atoms with Crippen LogP contribution < -0.4 is 11.1 Å². The molecule has 1 unspecified atom stereocenters. The van der Waals surface area contributed by atoms with Crippen LogP contribution in [0, 0.1) is 5.92 Å². The van der Waals surface area contributed by atoms with Crippen LogP contribution in [0.2, 0.25) is 0 Å². The van der Waals surface area contributed by atoms with Crippen molar-refractivity contribution in [1.29, 1.82) is 0 Å². The zero-order chi connectivity index (χ0) is 12.5. The number of carbonyl (C=O) groups excluding carboxylic acids is 1. The Kier molecular flexibility index (Phi) is 6.32. The van der Waals surface area contributed by atoms with Gasteiger partial charge < -0.3 is 15.6 Å². The molecule has 0 aliphatic carbocycles. The van der Waals surface area contributed by atoms with Crippen LogP contribution in [0.25, 0.3) is 0 Å². The Balaban J connectivity index is 2.05. The van der Waals surface area contributed by atoms with Crippen LogP contribution in [0.1, 0.15) is 26.2 Å². The van der Waals surface area contributed by atoms with Gasteiger partial charge in [-0.3, -0.25) is 4.79 Å².